The van der Waals surface area contributed by atoms with Crippen LogP contribution in [0.1, 0.15) is 25.8 Å². The lowest BCUT2D eigenvalue weighted by Gasteiger charge is -2.06. The first kappa shape index (κ1) is 12.6. The molecule has 94 valence electrons. The van der Waals surface area contributed by atoms with E-state index in [-0.39, 0.29) is 17.2 Å². The molecular weight excluding hydrogens is 248 g/mol. The first-order valence-electron chi connectivity index (χ1n) is 5.55. The summed E-state index contributed by atoms with van der Waals surface area (Å²) < 4.78 is 0. The fourth-order valence-corrected chi connectivity index (χ4v) is 2.29. The largest absolute Gasteiger partial charge is 0.507 e. The van der Waals surface area contributed by atoms with E-state index >= 15 is 0 Å². The molecule has 0 aliphatic carbocycles. The summed E-state index contributed by atoms with van der Waals surface area (Å²) in [7, 11) is 0. The van der Waals surface area contributed by atoms with Crippen LogP contribution in [0.15, 0.2) is 24.4 Å². The molecule has 0 atom stereocenters. The standard InChI is InChI=1S/C13H14N2O2S/c1-8-3-4-10(11(16)5-8)13(17)15-7-12-14-6-9(2)18-12/h3-6,16H,7H2,1-2H3,(H,15,17). The lowest BCUT2D eigenvalue weighted by atomic mass is 10.1. The van der Waals surface area contributed by atoms with Crippen LogP contribution in [0.25, 0.3) is 0 Å². The Kier molecular flexibility index (Phi) is 3.62. The summed E-state index contributed by atoms with van der Waals surface area (Å²) >= 11 is 1.54. The molecular formula is C13H14N2O2S. The molecule has 0 unspecified atom stereocenters. The third-order valence-corrected chi connectivity index (χ3v) is 3.38. The second-order valence-corrected chi connectivity index (χ2v) is 5.39. The number of rotatable bonds is 3. The molecule has 5 heteroatoms. The van der Waals surface area contributed by atoms with Gasteiger partial charge in [-0.05, 0) is 31.5 Å². The number of aromatic nitrogens is 1. The van der Waals surface area contributed by atoms with Crippen molar-refractivity contribution in [2.75, 3.05) is 0 Å². The molecule has 0 aliphatic heterocycles. The lowest BCUT2D eigenvalue weighted by Crippen LogP contribution is -2.22. The molecule has 1 aromatic carbocycles. The quantitative estimate of drug-likeness (QED) is 0.892. The van der Waals surface area contributed by atoms with Crippen molar-refractivity contribution in [2.24, 2.45) is 0 Å². The van der Waals surface area contributed by atoms with Crippen LogP contribution in [0.2, 0.25) is 0 Å². The number of amides is 1. The third-order valence-electron chi connectivity index (χ3n) is 2.47. The zero-order valence-electron chi connectivity index (χ0n) is 10.2. The van der Waals surface area contributed by atoms with Gasteiger partial charge >= 0.3 is 0 Å². The minimum absolute atomic E-state index is 0.00261. The van der Waals surface area contributed by atoms with E-state index in [2.05, 4.69) is 10.3 Å². The third kappa shape index (κ3) is 2.87. The van der Waals surface area contributed by atoms with Crippen LogP contribution in [-0.4, -0.2) is 16.0 Å². The molecule has 0 fully saturated rings. The molecule has 1 heterocycles. The van der Waals surface area contributed by atoms with Gasteiger partial charge in [-0.15, -0.1) is 11.3 Å². The molecule has 0 radical (unpaired) electrons. The molecule has 1 aromatic heterocycles. The summed E-state index contributed by atoms with van der Waals surface area (Å²) in [5.41, 5.74) is 1.20. The molecule has 2 N–H and O–H groups in total. The summed E-state index contributed by atoms with van der Waals surface area (Å²) in [6.07, 6.45) is 1.77. The normalized spacial score (nSPS) is 10.3. The van der Waals surface area contributed by atoms with Gasteiger partial charge in [0.25, 0.3) is 5.91 Å². The van der Waals surface area contributed by atoms with Crippen LogP contribution in [0.5, 0.6) is 5.75 Å². The van der Waals surface area contributed by atoms with Crippen molar-refractivity contribution in [3.8, 4) is 5.75 Å². The number of nitrogens with one attached hydrogen (secondary N) is 1. The maximum atomic E-state index is 11.9. The highest BCUT2D eigenvalue weighted by Gasteiger charge is 2.11. The van der Waals surface area contributed by atoms with Crippen molar-refractivity contribution >= 4 is 17.2 Å². The number of hydrogen-bond donors (Lipinski definition) is 2. The average molecular weight is 262 g/mol. The number of nitrogens with zero attached hydrogens (tertiary/aromatic N) is 1. The van der Waals surface area contributed by atoms with E-state index < -0.39 is 0 Å². The van der Waals surface area contributed by atoms with Crippen LogP contribution in [-0.2, 0) is 6.54 Å². The summed E-state index contributed by atoms with van der Waals surface area (Å²) in [5, 5.41) is 13.3. The molecule has 1 amide bonds. The average Bonchev–Trinajstić information content (AvgIpc) is 2.72. The molecule has 0 saturated carbocycles. The zero-order chi connectivity index (χ0) is 13.1. The van der Waals surface area contributed by atoms with Gasteiger partial charge in [-0.3, -0.25) is 4.79 Å². The van der Waals surface area contributed by atoms with Gasteiger partial charge in [-0.1, -0.05) is 6.07 Å². The number of benzene rings is 1. The van der Waals surface area contributed by atoms with Crippen molar-refractivity contribution in [3.05, 3.63) is 45.4 Å². The van der Waals surface area contributed by atoms with Gasteiger partial charge in [0.2, 0.25) is 0 Å². The van der Waals surface area contributed by atoms with E-state index in [0.717, 1.165) is 15.4 Å². The second kappa shape index (κ2) is 5.18. The van der Waals surface area contributed by atoms with Crippen LogP contribution in [0, 0.1) is 13.8 Å². The van der Waals surface area contributed by atoms with Gasteiger partial charge in [0, 0.05) is 11.1 Å². The van der Waals surface area contributed by atoms with Gasteiger partial charge in [0.05, 0.1) is 12.1 Å². The molecule has 2 rings (SSSR count). The Balaban J connectivity index is 2.03. The molecule has 0 spiro atoms. The summed E-state index contributed by atoms with van der Waals surface area (Å²) in [4.78, 5) is 17.1. The van der Waals surface area contributed by atoms with Crippen LogP contribution in [0.3, 0.4) is 0 Å². The van der Waals surface area contributed by atoms with Gasteiger partial charge in [-0.25, -0.2) is 4.98 Å². The fourth-order valence-electron chi connectivity index (χ4n) is 1.57. The Morgan fingerprint density at radius 3 is 2.83 bits per heavy atom. The Bertz CT molecular complexity index is 578. The number of thiazole rings is 1. The van der Waals surface area contributed by atoms with Gasteiger partial charge < -0.3 is 10.4 Å². The SMILES string of the molecule is Cc1ccc(C(=O)NCc2ncc(C)s2)c(O)c1. The Labute approximate surface area is 109 Å². The molecule has 0 saturated heterocycles. The number of carbonyl (C=O) groups is 1. The predicted octanol–water partition coefficient (Wildman–Crippen LogP) is 2.40. The minimum Gasteiger partial charge on any atom is -0.507 e. The highest BCUT2D eigenvalue weighted by atomic mass is 32.1. The summed E-state index contributed by atoms with van der Waals surface area (Å²) in [6, 6.07) is 4.98. The van der Waals surface area contributed by atoms with Crippen LogP contribution < -0.4 is 5.32 Å². The zero-order valence-corrected chi connectivity index (χ0v) is 11.0. The molecule has 0 aliphatic rings. The Hall–Kier alpha value is -1.88. The van der Waals surface area contributed by atoms with Gasteiger partial charge in [0.15, 0.2) is 0 Å². The highest BCUT2D eigenvalue weighted by molar-refractivity contribution is 7.11. The number of hydrogen-bond acceptors (Lipinski definition) is 4. The first-order chi connectivity index (χ1) is 8.56. The molecule has 18 heavy (non-hydrogen) atoms. The van der Waals surface area contributed by atoms with Gasteiger partial charge in [0.1, 0.15) is 10.8 Å². The van der Waals surface area contributed by atoms with Crippen LogP contribution in [0.4, 0.5) is 0 Å². The summed E-state index contributed by atoms with van der Waals surface area (Å²) in [6.45, 7) is 4.21. The lowest BCUT2D eigenvalue weighted by molar-refractivity contribution is 0.0948. The number of aryl methyl sites for hydroxylation is 2. The van der Waals surface area contributed by atoms with Crippen molar-refractivity contribution in [2.45, 2.75) is 20.4 Å². The Morgan fingerprint density at radius 1 is 1.44 bits per heavy atom. The first-order valence-corrected chi connectivity index (χ1v) is 6.37. The van der Waals surface area contributed by atoms with E-state index in [1.165, 1.54) is 0 Å². The Morgan fingerprint density at radius 2 is 2.22 bits per heavy atom. The molecule has 4 nitrogen and oxygen atoms in total. The number of aromatic hydroxyl groups is 1. The maximum Gasteiger partial charge on any atom is 0.255 e. The number of phenolic OH excluding ortho intramolecular Hbond substituents is 1. The molecule has 2 aromatic rings. The van der Waals surface area contributed by atoms with Gasteiger partial charge in [-0.2, -0.15) is 0 Å². The van der Waals surface area contributed by atoms with E-state index in [1.807, 2.05) is 13.8 Å². The van der Waals surface area contributed by atoms with E-state index in [1.54, 1.807) is 35.7 Å². The topological polar surface area (TPSA) is 62.2 Å². The van der Waals surface area contributed by atoms with Crippen molar-refractivity contribution in [1.82, 2.24) is 10.3 Å². The second-order valence-electron chi connectivity index (χ2n) is 4.07. The van der Waals surface area contributed by atoms with Crippen molar-refractivity contribution in [3.63, 3.8) is 0 Å². The van der Waals surface area contributed by atoms with Crippen molar-refractivity contribution < 1.29 is 9.90 Å². The van der Waals surface area contributed by atoms with E-state index in [4.69, 9.17) is 0 Å². The van der Waals surface area contributed by atoms with E-state index in [9.17, 15) is 9.90 Å². The van der Waals surface area contributed by atoms with Crippen molar-refractivity contribution in [1.29, 1.82) is 0 Å². The predicted molar refractivity (Wildman–Crippen MR) is 70.9 cm³/mol. The fraction of sp³-hybridized carbons (Fsp3) is 0.231. The number of carbonyl (C=O) groups excluding carboxylic acids is 1. The molecule has 0 bridgehead atoms. The van der Waals surface area contributed by atoms with E-state index in [0.29, 0.717) is 6.54 Å². The maximum absolute atomic E-state index is 11.9. The smallest absolute Gasteiger partial charge is 0.255 e. The summed E-state index contributed by atoms with van der Waals surface area (Å²) in [5.74, 6) is -0.289. The minimum atomic E-state index is -0.291. The highest BCUT2D eigenvalue weighted by Crippen LogP contribution is 2.18. The van der Waals surface area contributed by atoms with Crippen LogP contribution >= 0.6 is 11.3 Å². The monoisotopic (exact) mass is 262 g/mol. The number of phenols is 1.